The summed E-state index contributed by atoms with van der Waals surface area (Å²) in [6.07, 6.45) is 1.03. The highest BCUT2D eigenvalue weighted by molar-refractivity contribution is 9.10. The molecule has 0 aliphatic heterocycles. The molecule has 0 aliphatic carbocycles. The lowest BCUT2D eigenvalue weighted by Gasteiger charge is -2.08. The largest absolute Gasteiger partial charge is 0.507 e. The van der Waals surface area contributed by atoms with Gasteiger partial charge in [0.05, 0.1) is 4.47 Å². The van der Waals surface area contributed by atoms with E-state index in [0.717, 1.165) is 6.21 Å². The Morgan fingerprint density at radius 1 is 1.38 bits per heavy atom. The van der Waals surface area contributed by atoms with Crippen molar-refractivity contribution in [3.8, 4) is 11.5 Å². The second kappa shape index (κ2) is 4.11. The molecule has 70 valence electrons. The fraction of sp³-hybridized carbons (Fsp3) is 0.125. The molecule has 0 radical (unpaired) electrons. The van der Waals surface area contributed by atoms with E-state index in [9.17, 15) is 10.2 Å². The van der Waals surface area contributed by atoms with Gasteiger partial charge in [-0.3, -0.25) is 0 Å². The van der Waals surface area contributed by atoms with Crippen molar-refractivity contribution in [2.45, 2.75) is 5.33 Å². The molecule has 13 heavy (non-hydrogen) atoms. The van der Waals surface area contributed by atoms with Crippen molar-refractivity contribution >= 4 is 38.1 Å². The molecule has 1 aromatic carbocycles. The number of rotatable bonds is 2. The van der Waals surface area contributed by atoms with E-state index in [-0.39, 0.29) is 11.5 Å². The van der Waals surface area contributed by atoms with Gasteiger partial charge in [-0.05, 0) is 22.0 Å². The fourth-order valence-electron chi connectivity index (χ4n) is 0.940. The average Bonchev–Trinajstić information content (AvgIpc) is 2.12. The number of halogens is 2. The molecule has 0 spiro atoms. The predicted octanol–water partition coefficient (Wildman–Crippen LogP) is 2.75. The molecule has 0 unspecified atom stereocenters. The number of phenols is 2. The highest BCUT2D eigenvalue weighted by atomic mass is 79.9. The first-order valence-corrected chi connectivity index (χ1v) is 5.33. The van der Waals surface area contributed by atoms with Crippen LogP contribution in [0.4, 0.5) is 0 Å². The summed E-state index contributed by atoms with van der Waals surface area (Å²) in [6, 6.07) is 1.49. The van der Waals surface area contributed by atoms with Gasteiger partial charge in [0, 0.05) is 22.7 Å². The van der Waals surface area contributed by atoms with Gasteiger partial charge in [-0.25, -0.2) is 0 Å². The molecule has 1 rings (SSSR count). The Labute approximate surface area is 92.2 Å². The van der Waals surface area contributed by atoms with E-state index >= 15 is 0 Å². The van der Waals surface area contributed by atoms with Crippen LogP contribution in [-0.2, 0) is 5.33 Å². The van der Waals surface area contributed by atoms with Crippen LogP contribution in [-0.4, -0.2) is 16.4 Å². The Hall–Kier alpha value is -0.550. The smallest absolute Gasteiger partial charge is 0.137 e. The summed E-state index contributed by atoms with van der Waals surface area (Å²) in [5.41, 5.74) is 0.756. The highest BCUT2D eigenvalue weighted by Crippen LogP contribution is 2.37. The maximum absolute atomic E-state index is 9.53. The maximum atomic E-state index is 9.53. The van der Waals surface area contributed by atoms with Gasteiger partial charge >= 0.3 is 0 Å². The molecule has 0 saturated carbocycles. The Bertz CT molecular complexity index is 352. The summed E-state index contributed by atoms with van der Waals surface area (Å²) in [6.45, 7) is 0. The number of phenolic OH excluding ortho intramolecular Hbond substituents is 2. The number of nitrogens with one attached hydrogen (secondary N) is 1. The molecule has 0 bridgehead atoms. The Balaban J connectivity index is 3.47. The van der Waals surface area contributed by atoms with Crippen LogP contribution in [0, 0.1) is 5.41 Å². The standard InChI is InChI=1S/C8H7Br2NO2/c9-2-5-7(12)4(3-11)1-6(10)8(5)13/h1,3,11-13H,2H2. The molecule has 0 saturated heterocycles. The lowest BCUT2D eigenvalue weighted by molar-refractivity contribution is 0.440. The van der Waals surface area contributed by atoms with E-state index in [4.69, 9.17) is 5.41 Å². The summed E-state index contributed by atoms with van der Waals surface area (Å²) in [7, 11) is 0. The van der Waals surface area contributed by atoms with E-state index in [1.807, 2.05) is 0 Å². The lowest BCUT2D eigenvalue weighted by atomic mass is 10.1. The van der Waals surface area contributed by atoms with Crippen LogP contribution in [0.25, 0.3) is 0 Å². The zero-order chi connectivity index (χ0) is 10.0. The summed E-state index contributed by atoms with van der Waals surface area (Å²) in [5, 5.41) is 26.4. The number of hydrogen-bond donors (Lipinski definition) is 3. The van der Waals surface area contributed by atoms with Gasteiger partial charge in [-0.2, -0.15) is 0 Å². The molecular formula is C8H7Br2NO2. The minimum absolute atomic E-state index is 0.0000231. The molecule has 0 atom stereocenters. The third-order valence-corrected chi connectivity index (χ3v) is 2.81. The van der Waals surface area contributed by atoms with Crippen molar-refractivity contribution in [3.05, 3.63) is 21.7 Å². The first kappa shape index (κ1) is 10.5. The van der Waals surface area contributed by atoms with E-state index < -0.39 is 0 Å². The highest BCUT2D eigenvalue weighted by Gasteiger charge is 2.13. The molecule has 3 N–H and O–H groups in total. The SMILES string of the molecule is N=Cc1cc(Br)c(O)c(CBr)c1O. The number of hydrogen-bond acceptors (Lipinski definition) is 3. The second-order valence-electron chi connectivity index (χ2n) is 2.40. The Kier molecular flexibility index (Phi) is 3.33. The minimum atomic E-state index is -0.0624. The first-order chi connectivity index (χ1) is 6.11. The number of benzene rings is 1. The normalized spacial score (nSPS) is 10.0. The molecule has 0 heterocycles. The van der Waals surface area contributed by atoms with Crippen LogP contribution in [0.3, 0.4) is 0 Å². The summed E-state index contributed by atoms with van der Waals surface area (Å²) in [4.78, 5) is 0. The van der Waals surface area contributed by atoms with Crippen molar-refractivity contribution in [3.63, 3.8) is 0 Å². The van der Waals surface area contributed by atoms with Crippen molar-refractivity contribution in [1.29, 1.82) is 5.41 Å². The minimum Gasteiger partial charge on any atom is -0.507 e. The van der Waals surface area contributed by atoms with Crippen LogP contribution in [0.5, 0.6) is 11.5 Å². The number of aromatic hydroxyl groups is 2. The van der Waals surface area contributed by atoms with Crippen molar-refractivity contribution in [2.24, 2.45) is 0 Å². The number of alkyl halides is 1. The molecule has 5 heteroatoms. The monoisotopic (exact) mass is 307 g/mol. The van der Waals surface area contributed by atoms with Crippen LogP contribution in [0.1, 0.15) is 11.1 Å². The van der Waals surface area contributed by atoms with E-state index in [1.54, 1.807) is 0 Å². The van der Waals surface area contributed by atoms with Crippen molar-refractivity contribution in [1.82, 2.24) is 0 Å². The molecular weight excluding hydrogens is 302 g/mol. The topological polar surface area (TPSA) is 64.3 Å². The third-order valence-electron chi connectivity index (χ3n) is 1.64. The molecule has 3 nitrogen and oxygen atoms in total. The molecule has 0 fully saturated rings. The van der Waals surface area contributed by atoms with Gasteiger partial charge in [0.25, 0.3) is 0 Å². The van der Waals surface area contributed by atoms with Crippen LogP contribution >= 0.6 is 31.9 Å². The van der Waals surface area contributed by atoms with Gasteiger partial charge in [0.15, 0.2) is 0 Å². The first-order valence-electron chi connectivity index (χ1n) is 3.41. The third kappa shape index (κ3) is 1.86. The van der Waals surface area contributed by atoms with E-state index in [2.05, 4.69) is 31.9 Å². The summed E-state index contributed by atoms with van der Waals surface area (Å²) >= 11 is 6.27. The van der Waals surface area contributed by atoms with Gasteiger partial charge in [0.2, 0.25) is 0 Å². The Morgan fingerprint density at radius 3 is 2.46 bits per heavy atom. The van der Waals surface area contributed by atoms with Crippen molar-refractivity contribution in [2.75, 3.05) is 0 Å². The predicted molar refractivity (Wildman–Crippen MR) is 58.0 cm³/mol. The average molecular weight is 309 g/mol. The zero-order valence-corrected chi connectivity index (χ0v) is 9.68. The van der Waals surface area contributed by atoms with E-state index in [1.165, 1.54) is 6.07 Å². The van der Waals surface area contributed by atoms with Crippen LogP contribution in [0.15, 0.2) is 10.5 Å². The lowest BCUT2D eigenvalue weighted by Crippen LogP contribution is -1.89. The van der Waals surface area contributed by atoms with E-state index in [0.29, 0.717) is 20.9 Å². The van der Waals surface area contributed by atoms with Crippen LogP contribution < -0.4 is 0 Å². The summed E-state index contributed by atoms with van der Waals surface area (Å²) in [5.74, 6) is -0.0625. The Morgan fingerprint density at radius 2 is 2.00 bits per heavy atom. The van der Waals surface area contributed by atoms with Gasteiger partial charge in [-0.1, -0.05) is 15.9 Å². The maximum Gasteiger partial charge on any atom is 0.137 e. The van der Waals surface area contributed by atoms with Crippen molar-refractivity contribution < 1.29 is 10.2 Å². The van der Waals surface area contributed by atoms with Gasteiger partial charge in [0.1, 0.15) is 11.5 Å². The molecule has 0 aromatic heterocycles. The summed E-state index contributed by atoms with van der Waals surface area (Å²) < 4.78 is 0.471. The fourth-order valence-corrected chi connectivity index (χ4v) is 1.96. The second-order valence-corrected chi connectivity index (χ2v) is 3.82. The van der Waals surface area contributed by atoms with Gasteiger partial charge < -0.3 is 15.6 Å². The zero-order valence-electron chi connectivity index (χ0n) is 6.51. The molecule has 1 aromatic rings. The molecule has 0 aliphatic rings. The van der Waals surface area contributed by atoms with Gasteiger partial charge in [-0.15, -0.1) is 0 Å². The van der Waals surface area contributed by atoms with Crippen LogP contribution in [0.2, 0.25) is 0 Å². The quantitative estimate of drug-likeness (QED) is 0.581. The molecule has 0 amide bonds.